The van der Waals surface area contributed by atoms with E-state index in [1.165, 1.54) is 13.1 Å². The fourth-order valence-electron chi connectivity index (χ4n) is 3.35. The molecule has 0 bridgehead atoms. The Kier molecular flexibility index (Phi) is 5.16. The topological polar surface area (TPSA) is 66.5 Å². The lowest BCUT2D eigenvalue weighted by atomic mass is 9.91. The van der Waals surface area contributed by atoms with Gasteiger partial charge >= 0.3 is 0 Å². The van der Waals surface area contributed by atoms with Crippen LogP contribution in [-0.4, -0.2) is 39.4 Å². The molecule has 2 rings (SSSR count). The Morgan fingerprint density at radius 1 is 1.17 bits per heavy atom. The van der Waals surface area contributed by atoms with Crippen molar-refractivity contribution in [2.45, 2.75) is 39.0 Å². The van der Waals surface area contributed by atoms with Crippen molar-refractivity contribution >= 4 is 15.9 Å². The van der Waals surface area contributed by atoms with Gasteiger partial charge in [0.25, 0.3) is 5.91 Å². The Balaban J connectivity index is 2.42. The summed E-state index contributed by atoms with van der Waals surface area (Å²) < 4.78 is 26.7. The van der Waals surface area contributed by atoms with Crippen molar-refractivity contribution in [3.63, 3.8) is 0 Å². The minimum Gasteiger partial charge on any atom is -0.338 e. The number of likely N-dealkylation sites (tertiary alicyclic amines) is 1. The highest BCUT2D eigenvalue weighted by molar-refractivity contribution is 7.89. The molecule has 0 saturated carbocycles. The first kappa shape index (κ1) is 17.9. The highest BCUT2D eigenvalue weighted by atomic mass is 32.2. The zero-order valence-corrected chi connectivity index (χ0v) is 15.3. The highest BCUT2D eigenvalue weighted by Crippen LogP contribution is 2.25. The van der Waals surface area contributed by atoms with Gasteiger partial charge in [-0.2, -0.15) is 0 Å². The third-order valence-corrected chi connectivity index (χ3v) is 6.12. The molecule has 1 aliphatic rings. The number of hydrogen-bond acceptors (Lipinski definition) is 3. The second-order valence-corrected chi connectivity index (χ2v) is 8.63. The van der Waals surface area contributed by atoms with Crippen molar-refractivity contribution in [1.29, 1.82) is 0 Å². The first-order chi connectivity index (χ1) is 10.7. The van der Waals surface area contributed by atoms with Crippen LogP contribution in [0, 0.1) is 25.7 Å². The van der Waals surface area contributed by atoms with Crippen molar-refractivity contribution in [2.75, 3.05) is 20.1 Å². The number of carbonyl (C=O) groups excluding carboxylic acids is 1. The molecule has 6 heteroatoms. The van der Waals surface area contributed by atoms with Crippen LogP contribution in [-0.2, 0) is 10.0 Å². The van der Waals surface area contributed by atoms with Crippen LogP contribution in [0.1, 0.15) is 41.8 Å². The van der Waals surface area contributed by atoms with Crippen LogP contribution in [0.4, 0.5) is 0 Å². The fourth-order valence-corrected chi connectivity index (χ4v) is 4.42. The quantitative estimate of drug-likeness (QED) is 0.920. The van der Waals surface area contributed by atoms with Gasteiger partial charge in [-0.1, -0.05) is 13.8 Å². The van der Waals surface area contributed by atoms with Gasteiger partial charge in [-0.15, -0.1) is 0 Å². The Hall–Kier alpha value is -1.40. The number of hydrogen-bond donors (Lipinski definition) is 1. The molecular weight excluding hydrogens is 312 g/mol. The van der Waals surface area contributed by atoms with E-state index in [9.17, 15) is 13.2 Å². The summed E-state index contributed by atoms with van der Waals surface area (Å²) in [6.07, 6.45) is 1.12. The van der Waals surface area contributed by atoms with E-state index in [1.807, 2.05) is 11.8 Å². The zero-order valence-electron chi connectivity index (χ0n) is 14.5. The number of rotatable bonds is 3. The molecule has 2 unspecified atom stereocenters. The summed E-state index contributed by atoms with van der Waals surface area (Å²) in [4.78, 5) is 14.9. The summed E-state index contributed by atoms with van der Waals surface area (Å²) in [5, 5.41) is 0. The van der Waals surface area contributed by atoms with Crippen LogP contribution in [0.25, 0.3) is 0 Å². The Morgan fingerprint density at radius 2 is 1.74 bits per heavy atom. The van der Waals surface area contributed by atoms with E-state index in [-0.39, 0.29) is 10.8 Å². The molecule has 1 fully saturated rings. The van der Waals surface area contributed by atoms with Gasteiger partial charge in [0.15, 0.2) is 0 Å². The molecule has 2 atom stereocenters. The van der Waals surface area contributed by atoms with Gasteiger partial charge in [0.05, 0.1) is 4.90 Å². The summed E-state index contributed by atoms with van der Waals surface area (Å²) in [5.41, 5.74) is 1.93. The van der Waals surface area contributed by atoms with E-state index in [0.717, 1.165) is 25.1 Å². The predicted octanol–water partition coefficient (Wildman–Crippen LogP) is 2.33. The molecule has 5 nitrogen and oxygen atoms in total. The minimum atomic E-state index is -3.58. The van der Waals surface area contributed by atoms with E-state index in [1.54, 1.807) is 13.0 Å². The van der Waals surface area contributed by atoms with Crippen molar-refractivity contribution in [3.8, 4) is 0 Å². The zero-order chi connectivity index (χ0) is 17.4. The van der Waals surface area contributed by atoms with Gasteiger partial charge in [-0.25, -0.2) is 13.1 Å². The van der Waals surface area contributed by atoms with Gasteiger partial charge in [0.1, 0.15) is 0 Å². The van der Waals surface area contributed by atoms with Crippen LogP contribution >= 0.6 is 0 Å². The van der Waals surface area contributed by atoms with Gasteiger partial charge in [0.2, 0.25) is 10.0 Å². The minimum absolute atomic E-state index is 0.0842. The lowest BCUT2D eigenvalue weighted by Crippen LogP contribution is -2.42. The molecule has 23 heavy (non-hydrogen) atoms. The normalized spacial score (nSPS) is 22.2. The van der Waals surface area contributed by atoms with Crippen molar-refractivity contribution in [1.82, 2.24) is 9.62 Å². The molecule has 128 valence electrons. The van der Waals surface area contributed by atoms with Crippen molar-refractivity contribution in [2.24, 2.45) is 11.8 Å². The molecular formula is C17H26N2O3S. The SMILES string of the molecule is CNS(=O)(=O)c1cc(C(=O)N2CC(C)CC(C)C2)cc(C)c1C. The molecule has 0 aliphatic carbocycles. The number of sulfonamides is 1. The van der Waals surface area contributed by atoms with E-state index in [2.05, 4.69) is 18.6 Å². The summed E-state index contributed by atoms with van der Waals surface area (Å²) in [6.45, 7) is 9.34. The van der Waals surface area contributed by atoms with Gasteiger partial charge in [0, 0.05) is 18.7 Å². The van der Waals surface area contributed by atoms with Gasteiger partial charge in [-0.3, -0.25) is 4.79 Å². The number of carbonyl (C=O) groups is 1. The van der Waals surface area contributed by atoms with Crippen LogP contribution in [0.15, 0.2) is 17.0 Å². The lowest BCUT2D eigenvalue weighted by molar-refractivity contribution is 0.0623. The molecule has 1 aliphatic heterocycles. The summed E-state index contributed by atoms with van der Waals surface area (Å²) in [6, 6.07) is 3.29. The van der Waals surface area contributed by atoms with Crippen LogP contribution in [0.5, 0.6) is 0 Å². The molecule has 0 radical (unpaired) electrons. The first-order valence-corrected chi connectivity index (χ1v) is 9.48. The smallest absolute Gasteiger partial charge is 0.253 e. The molecule has 1 aromatic rings. The third-order valence-electron chi connectivity index (χ3n) is 4.58. The van der Waals surface area contributed by atoms with Crippen molar-refractivity contribution in [3.05, 3.63) is 28.8 Å². The van der Waals surface area contributed by atoms with E-state index < -0.39 is 10.0 Å². The number of amides is 1. The Labute approximate surface area is 139 Å². The molecule has 1 amide bonds. The Morgan fingerprint density at radius 3 is 2.26 bits per heavy atom. The molecule has 1 heterocycles. The van der Waals surface area contributed by atoms with E-state index in [0.29, 0.717) is 23.0 Å². The number of nitrogens with one attached hydrogen (secondary N) is 1. The molecule has 0 aromatic heterocycles. The standard InChI is InChI=1S/C17H26N2O3S/c1-11-6-12(2)10-19(9-11)17(20)15-7-13(3)14(4)16(8-15)23(21,22)18-5/h7-8,11-12,18H,6,9-10H2,1-5H3. The monoisotopic (exact) mass is 338 g/mol. The van der Waals surface area contributed by atoms with E-state index in [4.69, 9.17) is 0 Å². The van der Waals surface area contributed by atoms with Crippen molar-refractivity contribution < 1.29 is 13.2 Å². The fraction of sp³-hybridized carbons (Fsp3) is 0.588. The average molecular weight is 338 g/mol. The second kappa shape index (κ2) is 6.61. The van der Waals surface area contributed by atoms with E-state index >= 15 is 0 Å². The largest absolute Gasteiger partial charge is 0.338 e. The van der Waals surface area contributed by atoms with Crippen LogP contribution < -0.4 is 4.72 Å². The number of benzene rings is 1. The molecule has 0 spiro atoms. The van der Waals surface area contributed by atoms with Gasteiger partial charge in [-0.05, 0) is 62.4 Å². The summed E-state index contributed by atoms with van der Waals surface area (Å²) in [7, 11) is -2.20. The van der Waals surface area contributed by atoms with Crippen LogP contribution in [0.2, 0.25) is 0 Å². The number of aryl methyl sites for hydroxylation is 1. The number of nitrogens with zero attached hydrogens (tertiary/aromatic N) is 1. The molecule has 1 N–H and O–H groups in total. The predicted molar refractivity (Wildman–Crippen MR) is 91.0 cm³/mol. The van der Waals surface area contributed by atoms with Gasteiger partial charge < -0.3 is 4.90 Å². The maximum Gasteiger partial charge on any atom is 0.253 e. The maximum absolute atomic E-state index is 12.8. The highest BCUT2D eigenvalue weighted by Gasteiger charge is 2.27. The Bertz CT molecular complexity index is 703. The lowest BCUT2D eigenvalue weighted by Gasteiger charge is -2.35. The molecule has 1 saturated heterocycles. The molecule has 1 aromatic carbocycles. The first-order valence-electron chi connectivity index (χ1n) is 7.99. The second-order valence-electron chi connectivity index (χ2n) is 6.78. The maximum atomic E-state index is 12.8. The average Bonchev–Trinajstić information content (AvgIpc) is 2.47. The number of piperidine rings is 1. The summed E-state index contributed by atoms with van der Waals surface area (Å²) in [5.74, 6) is 0.851. The summed E-state index contributed by atoms with van der Waals surface area (Å²) >= 11 is 0. The third kappa shape index (κ3) is 3.75. The van der Waals surface area contributed by atoms with Crippen LogP contribution in [0.3, 0.4) is 0 Å².